The molecule has 0 aromatic heterocycles. The monoisotopic (exact) mass is 179 g/mol. The minimum Gasteiger partial charge on any atom is -0.264 e. The number of hydrogen-bond donors (Lipinski definition) is 0. The molecule has 0 saturated heterocycles. The van der Waals surface area contributed by atoms with Crippen LogP contribution in [0.1, 0.15) is 22.3 Å². The Kier molecular flexibility index (Phi) is 2.66. The molecule has 3 heteroatoms. The topological polar surface area (TPSA) is 43.1 Å². The van der Waals surface area contributed by atoms with Crippen molar-refractivity contribution in [2.24, 2.45) is 0 Å². The van der Waals surface area contributed by atoms with Crippen LogP contribution < -0.4 is 0 Å². The summed E-state index contributed by atoms with van der Waals surface area (Å²) in [7, 11) is 0. The SMILES string of the molecule is Cc1cc(C)c(C)c(C[N+](=O)[O-])c1. The first-order chi connectivity index (χ1) is 6.00. The molecular weight excluding hydrogens is 166 g/mol. The fourth-order valence-electron chi connectivity index (χ4n) is 1.43. The van der Waals surface area contributed by atoms with Crippen LogP contribution in [0, 0.1) is 30.9 Å². The first-order valence-electron chi connectivity index (χ1n) is 4.19. The number of hydrogen-bond acceptors (Lipinski definition) is 2. The second-order valence-electron chi connectivity index (χ2n) is 3.36. The molecule has 1 aromatic carbocycles. The van der Waals surface area contributed by atoms with Gasteiger partial charge in [-0.15, -0.1) is 0 Å². The van der Waals surface area contributed by atoms with E-state index in [0.717, 1.165) is 22.3 Å². The maximum Gasteiger partial charge on any atom is 0.229 e. The number of nitro groups is 1. The van der Waals surface area contributed by atoms with Gasteiger partial charge in [0.2, 0.25) is 6.54 Å². The largest absolute Gasteiger partial charge is 0.264 e. The minimum absolute atomic E-state index is 0.0750. The van der Waals surface area contributed by atoms with E-state index in [9.17, 15) is 10.1 Å². The average Bonchev–Trinajstić information content (AvgIpc) is 1.98. The highest BCUT2D eigenvalue weighted by molar-refractivity contribution is 5.36. The van der Waals surface area contributed by atoms with E-state index in [4.69, 9.17) is 0 Å². The van der Waals surface area contributed by atoms with Crippen molar-refractivity contribution in [1.29, 1.82) is 0 Å². The molecule has 0 bridgehead atoms. The predicted octanol–water partition coefficient (Wildman–Crippen LogP) is 2.39. The van der Waals surface area contributed by atoms with Crippen molar-refractivity contribution >= 4 is 0 Å². The van der Waals surface area contributed by atoms with Crippen LogP contribution in [-0.2, 0) is 6.54 Å². The quantitative estimate of drug-likeness (QED) is 0.516. The van der Waals surface area contributed by atoms with Crippen molar-refractivity contribution < 1.29 is 4.92 Å². The maximum atomic E-state index is 10.3. The summed E-state index contributed by atoms with van der Waals surface area (Å²) in [5.41, 5.74) is 4.06. The van der Waals surface area contributed by atoms with E-state index < -0.39 is 0 Å². The number of benzene rings is 1. The van der Waals surface area contributed by atoms with Crippen LogP contribution in [-0.4, -0.2) is 4.92 Å². The van der Waals surface area contributed by atoms with Gasteiger partial charge in [0.1, 0.15) is 0 Å². The standard InChI is InChI=1S/C10H13NO2/c1-7-4-8(2)9(3)10(5-7)6-11(12)13/h4-5H,6H2,1-3H3. The fraction of sp³-hybridized carbons (Fsp3) is 0.400. The van der Waals surface area contributed by atoms with Crippen LogP contribution in [0.4, 0.5) is 0 Å². The van der Waals surface area contributed by atoms with Gasteiger partial charge in [-0.2, -0.15) is 0 Å². The maximum absolute atomic E-state index is 10.3. The summed E-state index contributed by atoms with van der Waals surface area (Å²) in [5, 5.41) is 10.3. The smallest absolute Gasteiger partial charge is 0.229 e. The van der Waals surface area contributed by atoms with E-state index in [1.165, 1.54) is 0 Å². The van der Waals surface area contributed by atoms with Crippen LogP contribution in [0.25, 0.3) is 0 Å². The molecule has 0 fully saturated rings. The zero-order valence-electron chi connectivity index (χ0n) is 8.13. The molecule has 0 heterocycles. The molecule has 0 unspecified atom stereocenters. The van der Waals surface area contributed by atoms with Gasteiger partial charge in [0, 0.05) is 10.5 Å². The van der Waals surface area contributed by atoms with Gasteiger partial charge >= 0.3 is 0 Å². The molecule has 13 heavy (non-hydrogen) atoms. The molecule has 0 spiro atoms. The lowest BCUT2D eigenvalue weighted by Gasteiger charge is -2.06. The minimum atomic E-state index is -0.290. The highest BCUT2D eigenvalue weighted by Gasteiger charge is 2.07. The Labute approximate surface area is 77.5 Å². The molecule has 0 aliphatic carbocycles. The molecule has 0 aliphatic heterocycles. The van der Waals surface area contributed by atoms with Crippen LogP contribution >= 0.6 is 0 Å². The Balaban J connectivity index is 3.12. The Morgan fingerprint density at radius 3 is 2.46 bits per heavy atom. The van der Waals surface area contributed by atoms with Crippen LogP contribution in [0.5, 0.6) is 0 Å². The average molecular weight is 179 g/mol. The lowest BCUT2D eigenvalue weighted by Crippen LogP contribution is -2.02. The zero-order chi connectivity index (χ0) is 10.0. The Morgan fingerprint density at radius 1 is 1.31 bits per heavy atom. The van der Waals surface area contributed by atoms with Crippen molar-refractivity contribution in [3.63, 3.8) is 0 Å². The summed E-state index contributed by atoms with van der Waals surface area (Å²) >= 11 is 0. The lowest BCUT2D eigenvalue weighted by molar-refractivity contribution is -0.496. The fourth-order valence-corrected chi connectivity index (χ4v) is 1.43. The highest BCUT2D eigenvalue weighted by Crippen LogP contribution is 2.16. The first-order valence-corrected chi connectivity index (χ1v) is 4.19. The van der Waals surface area contributed by atoms with Crippen LogP contribution in [0.3, 0.4) is 0 Å². The molecule has 1 rings (SSSR count). The summed E-state index contributed by atoms with van der Waals surface area (Å²) in [6.45, 7) is 5.78. The summed E-state index contributed by atoms with van der Waals surface area (Å²) in [6, 6.07) is 3.92. The molecule has 0 saturated carbocycles. The molecule has 0 N–H and O–H groups in total. The van der Waals surface area contributed by atoms with Crippen LogP contribution in [0.2, 0.25) is 0 Å². The van der Waals surface area contributed by atoms with E-state index in [1.54, 1.807) is 0 Å². The summed E-state index contributed by atoms with van der Waals surface area (Å²) in [5.74, 6) is 0. The number of nitrogens with zero attached hydrogens (tertiary/aromatic N) is 1. The second-order valence-corrected chi connectivity index (χ2v) is 3.36. The van der Waals surface area contributed by atoms with Gasteiger partial charge in [-0.1, -0.05) is 11.6 Å². The van der Waals surface area contributed by atoms with E-state index in [2.05, 4.69) is 0 Å². The third-order valence-electron chi connectivity index (χ3n) is 2.22. The van der Waals surface area contributed by atoms with E-state index >= 15 is 0 Å². The van der Waals surface area contributed by atoms with E-state index in [1.807, 2.05) is 32.9 Å². The number of rotatable bonds is 2. The van der Waals surface area contributed by atoms with Crippen molar-refractivity contribution in [3.8, 4) is 0 Å². The van der Waals surface area contributed by atoms with Gasteiger partial charge in [-0.25, -0.2) is 0 Å². The van der Waals surface area contributed by atoms with Gasteiger partial charge < -0.3 is 0 Å². The summed E-state index contributed by atoms with van der Waals surface area (Å²) < 4.78 is 0. The third-order valence-corrected chi connectivity index (χ3v) is 2.22. The highest BCUT2D eigenvalue weighted by atomic mass is 16.6. The van der Waals surface area contributed by atoms with Gasteiger partial charge in [0.15, 0.2) is 0 Å². The van der Waals surface area contributed by atoms with Crippen LogP contribution in [0.15, 0.2) is 12.1 Å². The lowest BCUT2D eigenvalue weighted by atomic mass is 10.0. The van der Waals surface area contributed by atoms with Gasteiger partial charge in [-0.05, 0) is 38.0 Å². The molecule has 3 nitrogen and oxygen atoms in total. The van der Waals surface area contributed by atoms with Crippen molar-refractivity contribution in [2.75, 3.05) is 0 Å². The number of aryl methyl sites for hydroxylation is 2. The van der Waals surface area contributed by atoms with E-state index in [0.29, 0.717) is 0 Å². The Bertz CT molecular complexity index is 345. The Morgan fingerprint density at radius 2 is 1.92 bits per heavy atom. The predicted molar refractivity (Wildman–Crippen MR) is 51.4 cm³/mol. The zero-order valence-corrected chi connectivity index (χ0v) is 8.13. The molecule has 0 amide bonds. The summed E-state index contributed by atoms with van der Waals surface area (Å²) in [6.07, 6.45) is 0. The Hall–Kier alpha value is -1.38. The molecule has 70 valence electrons. The second kappa shape index (κ2) is 3.56. The van der Waals surface area contributed by atoms with Crippen molar-refractivity contribution in [1.82, 2.24) is 0 Å². The first kappa shape index (κ1) is 9.71. The third kappa shape index (κ3) is 2.28. The summed E-state index contributed by atoms with van der Waals surface area (Å²) in [4.78, 5) is 10.1. The van der Waals surface area contributed by atoms with Crippen molar-refractivity contribution in [3.05, 3.63) is 44.5 Å². The molecular formula is C10H13NO2. The molecule has 0 aliphatic rings. The molecule has 1 aromatic rings. The van der Waals surface area contributed by atoms with E-state index in [-0.39, 0.29) is 11.5 Å². The molecule has 0 radical (unpaired) electrons. The van der Waals surface area contributed by atoms with Gasteiger partial charge in [-0.3, -0.25) is 10.1 Å². The van der Waals surface area contributed by atoms with Gasteiger partial charge in [0.25, 0.3) is 0 Å². The van der Waals surface area contributed by atoms with Crippen molar-refractivity contribution in [2.45, 2.75) is 27.3 Å². The van der Waals surface area contributed by atoms with Gasteiger partial charge in [0.05, 0.1) is 0 Å². The molecule has 0 atom stereocenters. The normalized spacial score (nSPS) is 10.1.